The summed E-state index contributed by atoms with van der Waals surface area (Å²) in [4.78, 5) is 27.5. The van der Waals surface area contributed by atoms with E-state index in [1.165, 1.54) is 22.3 Å². The third-order valence-electron chi connectivity index (χ3n) is 4.47. The Labute approximate surface area is 156 Å². The molecular formula is C19H22N2O4S. The number of benzene rings is 1. The number of nitrogens with one attached hydrogen (secondary N) is 1. The Morgan fingerprint density at radius 1 is 1.35 bits per heavy atom. The number of aromatic nitrogens is 1. The van der Waals surface area contributed by atoms with Gasteiger partial charge in [-0.3, -0.25) is 4.79 Å². The van der Waals surface area contributed by atoms with Crippen LogP contribution in [0.5, 0.6) is 0 Å². The second-order valence-corrected chi connectivity index (χ2v) is 7.37. The van der Waals surface area contributed by atoms with Gasteiger partial charge in [0.25, 0.3) is 0 Å². The van der Waals surface area contributed by atoms with Gasteiger partial charge in [0.1, 0.15) is 0 Å². The van der Waals surface area contributed by atoms with Crippen LogP contribution in [0, 0.1) is 12.8 Å². The first-order valence-electron chi connectivity index (χ1n) is 8.68. The van der Waals surface area contributed by atoms with Crippen LogP contribution in [0.3, 0.4) is 0 Å². The van der Waals surface area contributed by atoms with E-state index < -0.39 is 5.97 Å². The highest BCUT2D eigenvalue weighted by molar-refractivity contribution is 7.09. The van der Waals surface area contributed by atoms with Gasteiger partial charge in [-0.25, -0.2) is 9.78 Å². The summed E-state index contributed by atoms with van der Waals surface area (Å²) in [6.07, 6.45) is 1.97. The zero-order chi connectivity index (χ0) is 18.5. The molecule has 1 saturated heterocycles. The minimum absolute atomic E-state index is 0.0229. The van der Waals surface area contributed by atoms with Crippen molar-refractivity contribution >= 4 is 23.2 Å². The summed E-state index contributed by atoms with van der Waals surface area (Å²) in [5, 5.41) is 14.1. The zero-order valence-corrected chi connectivity index (χ0v) is 15.4. The number of nitrogens with zero attached hydrogens (tertiary/aromatic N) is 1. The molecule has 138 valence electrons. The molecule has 0 bridgehead atoms. The lowest BCUT2D eigenvalue weighted by molar-refractivity contribution is -0.134. The molecule has 3 rings (SSSR count). The monoisotopic (exact) mass is 374 g/mol. The number of amides is 1. The van der Waals surface area contributed by atoms with Crippen molar-refractivity contribution in [3.8, 4) is 0 Å². The van der Waals surface area contributed by atoms with Gasteiger partial charge in [-0.05, 0) is 25.3 Å². The highest BCUT2D eigenvalue weighted by atomic mass is 32.1. The van der Waals surface area contributed by atoms with Gasteiger partial charge in [-0.2, -0.15) is 0 Å². The van der Waals surface area contributed by atoms with Crippen LogP contribution in [0.4, 0.5) is 0 Å². The molecule has 6 nitrogen and oxygen atoms in total. The summed E-state index contributed by atoms with van der Waals surface area (Å²) in [6.45, 7) is 3.13. The molecule has 2 atom stereocenters. The van der Waals surface area contributed by atoms with Crippen LogP contribution in [0.2, 0.25) is 0 Å². The molecule has 1 aliphatic heterocycles. The number of thiazole rings is 1. The molecule has 1 fully saturated rings. The second kappa shape index (κ2) is 8.42. The number of carbonyl (C=O) groups is 2. The molecule has 26 heavy (non-hydrogen) atoms. The molecule has 0 spiro atoms. The van der Waals surface area contributed by atoms with E-state index in [1.807, 2.05) is 31.2 Å². The molecule has 2 aromatic rings. The number of carboxylic acid groups (broad SMARTS) is 1. The Hall–Kier alpha value is -2.25. The van der Waals surface area contributed by atoms with Crippen LogP contribution in [0.1, 0.15) is 45.6 Å². The van der Waals surface area contributed by atoms with Gasteiger partial charge in [0.2, 0.25) is 5.91 Å². The van der Waals surface area contributed by atoms with Gasteiger partial charge in [-0.1, -0.05) is 29.8 Å². The van der Waals surface area contributed by atoms with Gasteiger partial charge < -0.3 is 15.2 Å². The SMILES string of the molecule is Cc1ccc(C2OCCCC2C(=O)NCCc2nc(C(=O)O)cs2)cc1. The molecule has 2 heterocycles. The maximum absolute atomic E-state index is 12.7. The van der Waals surface area contributed by atoms with E-state index in [4.69, 9.17) is 9.84 Å². The van der Waals surface area contributed by atoms with Crippen LogP contribution in [-0.2, 0) is 16.0 Å². The standard InChI is InChI=1S/C19H22N2O4S/c1-12-4-6-13(7-5-12)17-14(3-2-10-25-17)18(22)20-9-8-16-21-15(11-26-16)19(23)24/h4-7,11,14,17H,2-3,8-10H2,1H3,(H,20,22)(H,23,24). The highest BCUT2D eigenvalue weighted by Gasteiger charge is 2.32. The molecule has 0 radical (unpaired) electrons. The van der Waals surface area contributed by atoms with Gasteiger partial charge in [0.15, 0.2) is 5.69 Å². The molecule has 2 N–H and O–H groups in total. The minimum Gasteiger partial charge on any atom is -0.476 e. The maximum Gasteiger partial charge on any atom is 0.355 e. The predicted molar refractivity (Wildman–Crippen MR) is 98.4 cm³/mol. The Kier molecular flexibility index (Phi) is 6.00. The Balaban J connectivity index is 1.57. The highest BCUT2D eigenvalue weighted by Crippen LogP contribution is 2.33. The number of ether oxygens (including phenoxy) is 1. The minimum atomic E-state index is -1.03. The number of aromatic carboxylic acids is 1. The Morgan fingerprint density at radius 2 is 2.12 bits per heavy atom. The first-order valence-corrected chi connectivity index (χ1v) is 9.56. The van der Waals surface area contributed by atoms with E-state index in [1.54, 1.807) is 0 Å². The van der Waals surface area contributed by atoms with Crippen molar-refractivity contribution in [2.45, 2.75) is 32.3 Å². The third-order valence-corrected chi connectivity index (χ3v) is 5.38. The molecule has 0 aliphatic carbocycles. The summed E-state index contributed by atoms with van der Waals surface area (Å²) in [5.41, 5.74) is 2.26. The van der Waals surface area contributed by atoms with Crippen molar-refractivity contribution in [2.75, 3.05) is 13.2 Å². The molecule has 2 unspecified atom stereocenters. The molecular weight excluding hydrogens is 352 g/mol. The summed E-state index contributed by atoms with van der Waals surface area (Å²) in [5.74, 6) is -1.26. The summed E-state index contributed by atoms with van der Waals surface area (Å²) in [7, 11) is 0. The number of rotatable bonds is 6. The molecule has 1 aromatic carbocycles. The average Bonchev–Trinajstić information content (AvgIpc) is 3.11. The summed E-state index contributed by atoms with van der Waals surface area (Å²) < 4.78 is 5.90. The Bertz CT molecular complexity index is 772. The van der Waals surface area contributed by atoms with E-state index in [2.05, 4.69) is 10.3 Å². The van der Waals surface area contributed by atoms with Gasteiger partial charge in [0, 0.05) is 25.0 Å². The topological polar surface area (TPSA) is 88.5 Å². The quantitative estimate of drug-likeness (QED) is 0.811. The number of carbonyl (C=O) groups excluding carboxylic acids is 1. The number of aryl methyl sites for hydroxylation is 1. The van der Waals surface area contributed by atoms with Crippen molar-refractivity contribution in [3.05, 3.63) is 51.5 Å². The zero-order valence-electron chi connectivity index (χ0n) is 14.6. The van der Waals surface area contributed by atoms with Crippen LogP contribution < -0.4 is 5.32 Å². The van der Waals surface area contributed by atoms with Crippen molar-refractivity contribution in [1.29, 1.82) is 0 Å². The maximum atomic E-state index is 12.7. The van der Waals surface area contributed by atoms with Crippen molar-refractivity contribution < 1.29 is 19.4 Å². The molecule has 1 aromatic heterocycles. The first kappa shape index (κ1) is 18.5. The van der Waals surface area contributed by atoms with E-state index in [9.17, 15) is 9.59 Å². The van der Waals surface area contributed by atoms with Gasteiger partial charge in [0.05, 0.1) is 17.0 Å². The van der Waals surface area contributed by atoms with E-state index in [-0.39, 0.29) is 23.6 Å². The number of hydrogen-bond donors (Lipinski definition) is 2. The normalized spacial score (nSPS) is 19.9. The Morgan fingerprint density at radius 3 is 2.81 bits per heavy atom. The summed E-state index contributed by atoms with van der Waals surface area (Å²) in [6, 6.07) is 8.11. The van der Waals surface area contributed by atoms with Crippen molar-refractivity contribution in [2.24, 2.45) is 5.92 Å². The fraction of sp³-hybridized carbons (Fsp3) is 0.421. The largest absolute Gasteiger partial charge is 0.476 e. The number of hydrogen-bond acceptors (Lipinski definition) is 5. The first-order chi connectivity index (χ1) is 12.5. The van der Waals surface area contributed by atoms with Crippen LogP contribution in [0.15, 0.2) is 29.6 Å². The smallest absolute Gasteiger partial charge is 0.355 e. The molecule has 1 aliphatic rings. The van der Waals surface area contributed by atoms with Crippen LogP contribution in [-0.4, -0.2) is 35.1 Å². The van der Waals surface area contributed by atoms with Gasteiger partial charge >= 0.3 is 5.97 Å². The lowest BCUT2D eigenvalue weighted by Crippen LogP contribution is -2.38. The number of carboxylic acids is 1. The van der Waals surface area contributed by atoms with Crippen LogP contribution in [0.25, 0.3) is 0 Å². The fourth-order valence-electron chi connectivity index (χ4n) is 3.08. The predicted octanol–water partition coefficient (Wildman–Crippen LogP) is 2.98. The van der Waals surface area contributed by atoms with Crippen molar-refractivity contribution in [1.82, 2.24) is 10.3 Å². The molecule has 7 heteroatoms. The van der Waals surface area contributed by atoms with Crippen LogP contribution >= 0.6 is 11.3 Å². The molecule has 0 saturated carbocycles. The van der Waals surface area contributed by atoms with E-state index >= 15 is 0 Å². The van der Waals surface area contributed by atoms with Crippen molar-refractivity contribution in [3.63, 3.8) is 0 Å². The summed E-state index contributed by atoms with van der Waals surface area (Å²) >= 11 is 1.30. The third kappa shape index (κ3) is 4.47. The molecule has 1 amide bonds. The lowest BCUT2D eigenvalue weighted by atomic mass is 9.88. The fourth-order valence-corrected chi connectivity index (χ4v) is 3.85. The van der Waals surface area contributed by atoms with E-state index in [0.717, 1.165) is 18.4 Å². The van der Waals surface area contributed by atoms with Gasteiger partial charge in [-0.15, -0.1) is 11.3 Å². The average molecular weight is 374 g/mol. The van der Waals surface area contributed by atoms with E-state index in [0.29, 0.717) is 24.6 Å². The lowest BCUT2D eigenvalue weighted by Gasteiger charge is -2.31. The second-order valence-electron chi connectivity index (χ2n) is 6.42.